The highest BCUT2D eigenvalue weighted by Crippen LogP contribution is 2.40. The summed E-state index contributed by atoms with van der Waals surface area (Å²) in [6, 6.07) is 7.83. The molecule has 0 atom stereocenters. The van der Waals surface area contributed by atoms with E-state index in [0.29, 0.717) is 0 Å². The van der Waals surface area contributed by atoms with Crippen molar-refractivity contribution in [1.29, 1.82) is 0 Å². The van der Waals surface area contributed by atoms with E-state index in [0.717, 1.165) is 17.4 Å². The molecule has 0 unspecified atom stereocenters. The summed E-state index contributed by atoms with van der Waals surface area (Å²) < 4.78 is 66.2. The Bertz CT molecular complexity index is 803. The van der Waals surface area contributed by atoms with Gasteiger partial charge in [0.2, 0.25) is 0 Å². The predicted molar refractivity (Wildman–Crippen MR) is 84.8 cm³/mol. The summed E-state index contributed by atoms with van der Waals surface area (Å²) in [7, 11) is -3.77. The van der Waals surface area contributed by atoms with Crippen molar-refractivity contribution in [2.45, 2.75) is 36.7 Å². The van der Waals surface area contributed by atoms with E-state index in [2.05, 4.69) is 4.72 Å². The summed E-state index contributed by atoms with van der Waals surface area (Å²) in [6.45, 7) is 5.08. The lowest BCUT2D eigenvalue weighted by atomic mass is 10.1. The Morgan fingerprint density at radius 3 is 2.17 bits per heavy atom. The van der Waals surface area contributed by atoms with Gasteiger partial charge in [0.25, 0.3) is 10.0 Å². The van der Waals surface area contributed by atoms with Crippen LogP contribution in [-0.4, -0.2) is 14.0 Å². The number of hydrogen-bond acceptors (Lipinski definition) is 3. The lowest BCUT2D eigenvalue weighted by Crippen LogP contribution is -2.40. The fourth-order valence-electron chi connectivity index (χ4n) is 2.01. The zero-order valence-corrected chi connectivity index (χ0v) is 14.4. The average Bonchev–Trinajstić information content (AvgIpc) is 2.85. The van der Waals surface area contributed by atoms with Crippen molar-refractivity contribution in [3.05, 3.63) is 42.0 Å². The van der Waals surface area contributed by atoms with Crippen molar-refractivity contribution in [2.75, 3.05) is 0 Å². The Kier molecular flexibility index (Phi) is 4.62. The summed E-state index contributed by atoms with van der Waals surface area (Å²) in [4.78, 5) is 0.257. The molecule has 0 spiro atoms. The predicted octanol–water partition coefficient (Wildman–Crippen LogP) is 4.51. The van der Waals surface area contributed by atoms with Gasteiger partial charge in [-0.15, -0.1) is 11.3 Å². The summed E-state index contributed by atoms with van der Waals surface area (Å²) in [5.41, 5.74) is -1.48. The maximum atomic E-state index is 13.1. The first-order valence-electron chi connectivity index (χ1n) is 6.70. The van der Waals surface area contributed by atoms with E-state index >= 15 is 0 Å². The summed E-state index contributed by atoms with van der Waals surface area (Å²) in [5.74, 6) is 0. The fourth-order valence-corrected chi connectivity index (χ4v) is 4.77. The minimum Gasteiger partial charge on any atom is -0.206 e. The standard InChI is InChI=1S/C15H16F3NO2S2/c1-14(2,3)19-23(20,21)13-9-8-12(22-13)10-6-4-5-7-11(10)15(16,17)18/h4-9,19H,1-3H3. The molecule has 0 bridgehead atoms. The molecule has 0 aliphatic rings. The second-order valence-electron chi connectivity index (χ2n) is 6.02. The highest BCUT2D eigenvalue weighted by atomic mass is 32.2. The highest BCUT2D eigenvalue weighted by molar-refractivity contribution is 7.91. The van der Waals surface area contributed by atoms with Gasteiger partial charge in [0, 0.05) is 16.0 Å². The van der Waals surface area contributed by atoms with Crippen LogP contribution in [0.25, 0.3) is 10.4 Å². The molecule has 0 aliphatic carbocycles. The van der Waals surface area contributed by atoms with Crippen molar-refractivity contribution in [1.82, 2.24) is 4.72 Å². The van der Waals surface area contributed by atoms with Crippen LogP contribution in [0.3, 0.4) is 0 Å². The molecule has 1 aromatic heterocycles. The molecule has 0 saturated heterocycles. The van der Waals surface area contributed by atoms with Crippen molar-refractivity contribution >= 4 is 21.4 Å². The Morgan fingerprint density at radius 2 is 1.61 bits per heavy atom. The van der Waals surface area contributed by atoms with Crippen LogP contribution in [0.5, 0.6) is 0 Å². The normalized spacial score (nSPS) is 13.3. The minimum absolute atomic E-state index is 0.0144. The van der Waals surface area contributed by atoms with Gasteiger partial charge in [-0.25, -0.2) is 13.1 Å². The van der Waals surface area contributed by atoms with E-state index in [9.17, 15) is 21.6 Å². The molecule has 8 heteroatoms. The molecule has 2 rings (SSSR count). The molecule has 1 N–H and O–H groups in total. The van der Waals surface area contributed by atoms with Crippen LogP contribution in [0.15, 0.2) is 40.6 Å². The summed E-state index contributed by atoms with van der Waals surface area (Å²) in [5, 5.41) is 0. The third kappa shape index (κ3) is 4.33. The maximum Gasteiger partial charge on any atom is 0.417 e. The minimum atomic E-state index is -4.50. The first-order valence-corrected chi connectivity index (χ1v) is 9.00. The third-order valence-electron chi connectivity index (χ3n) is 2.78. The lowest BCUT2D eigenvalue weighted by Gasteiger charge is -2.19. The SMILES string of the molecule is CC(C)(C)NS(=O)(=O)c1ccc(-c2ccccc2C(F)(F)F)s1. The molecule has 3 nitrogen and oxygen atoms in total. The zero-order valence-electron chi connectivity index (χ0n) is 12.7. The number of thiophene rings is 1. The number of benzene rings is 1. The van der Waals surface area contributed by atoms with E-state index in [-0.39, 0.29) is 14.6 Å². The lowest BCUT2D eigenvalue weighted by molar-refractivity contribution is -0.137. The molecular weight excluding hydrogens is 347 g/mol. The number of alkyl halides is 3. The number of hydrogen-bond donors (Lipinski definition) is 1. The largest absolute Gasteiger partial charge is 0.417 e. The molecule has 0 aliphatic heterocycles. The van der Waals surface area contributed by atoms with Gasteiger partial charge < -0.3 is 0 Å². The van der Waals surface area contributed by atoms with E-state index in [4.69, 9.17) is 0 Å². The molecule has 0 amide bonds. The first kappa shape index (κ1) is 18.0. The van der Waals surface area contributed by atoms with Gasteiger partial charge in [-0.1, -0.05) is 18.2 Å². The molecular formula is C15H16F3NO2S2. The Hall–Kier alpha value is -1.38. The number of nitrogens with one attached hydrogen (secondary N) is 1. The van der Waals surface area contributed by atoms with Gasteiger partial charge >= 0.3 is 6.18 Å². The molecule has 2 aromatic rings. The second-order valence-corrected chi connectivity index (χ2v) is 9.01. The summed E-state index contributed by atoms with van der Waals surface area (Å²) in [6.07, 6.45) is -4.50. The van der Waals surface area contributed by atoms with Crippen molar-refractivity contribution in [2.24, 2.45) is 0 Å². The number of sulfonamides is 1. The van der Waals surface area contributed by atoms with E-state index in [1.165, 1.54) is 30.3 Å². The topological polar surface area (TPSA) is 46.2 Å². The molecule has 0 fully saturated rings. The van der Waals surface area contributed by atoms with Crippen LogP contribution >= 0.6 is 11.3 Å². The van der Waals surface area contributed by atoms with Crippen molar-refractivity contribution in [3.8, 4) is 10.4 Å². The van der Waals surface area contributed by atoms with Gasteiger partial charge in [-0.05, 0) is 39.0 Å². The summed E-state index contributed by atoms with van der Waals surface area (Å²) >= 11 is 0.813. The van der Waals surface area contributed by atoms with Crippen LogP contribution in [0, 0.1) is 0 Å². The Labute approximate surface area is 137 Å². The van der Waals surface area contributed by atoms with Gasteiger partial charge in [0.15, 0.2) is 0 Å². The zero-order chi connectivity index (χ0) is 17.5. The van der Waals surface area contributed by atoms with E-state index in [1.807, 2.05) is 0 Å². The van der Waals surface area contributed by atoms with Gasteiger partial charge in [0.05, 0.1) is 5.56 Å². The van der Waals surface area contributed by atoms with Crippen LogP contribution in [-0.2, 0) is 16.2 Å². The Morgan fingerprint density at radius 1 is 1.00 bits per heavy atom. The quantitative estimate of drug-likeness (QED) is 0.872. The van der Waals surface area contributed by atoms with Crippen LogP contribution in [0.2, 0.25) is 0 Å². The highest BCUT2D eigenvalue weighted by Gasteiger charge is 2.34. The fraction of sp³-hybridized carbons (Fsp3) is 0.333. The maximum absolute atomic E-state index is 13.1. The molecule has 23 heavy (non-hydrogen) atoms. The second kappa shape index (κ2) is 5.92. The first-order chi connectivity index (χ1) is 10.4. The monoisotopic (exact) mass is 363 g/mol. The third-order valence-corrected chi connectivity index (χ3v) is 6.15. The van der Waals surface area contributed by atoms with Crippen molar-refractivity contribution < 1.29 is 21.6 Å². The van der Waals surface area contributed by atoms with Crippen molar-refractivity contribution in [3.63, 3.8) is 0 Å². The van der Waals surface area contributed by atoms with Gasteiger partial charge in [-0.2, -0.15) is 13.2 Å². The van der Waals surface area contributed by atoms with Crippen LogP contribution in [0.4, 0.5) is 13.2 Å². The Balaban J connectivity index is 2.46. The molecule has 126 valence electrons. The molecule has 0 saturated carbocycles. The van der Waals surface area contributed by atoms with Crippen LogP contribution < -0.4 is 4.72 Å². The van der Waals surface area contributed by atoms with Crippen LogP contribution in [0.1, 0.15) is 26.3 Å². The van der Waals surface area contributed by atoms with E-state index < -0.39 is 27.3 Å². The smallest absolute Gasteiger partial charge is 0.206 e. The molecule has 0 radical (unpaired) electrons. The average molecular weight is 363 g/mol. The van der Waals surface area contributed by atoms with Gasteiger partial charge in [0.1, 0.15) is 4.21 Å². The molecule has 1 heterocycles. The number of halogens is 3. The van der Waals surface area contributed by atoms with Gasteiger partial charge in [-0.3, -0.25) is 0 Å². The molecule has 1 aromatic carbocycles. The number of rotatable bonds is 3. The van der Waals surface area contributed by atoms with E-state index in [1.54, 1.807) is 20.8 Å².